The summed E-state index contributed by atoms with van der Waals surface area (Å²) in [6.07, 6.45) is -5.41. The fourth-order valence-corrected chi connectivity index (χ4v) is 4.65. The van der Waals surface area contributed by atoms with E-state index in [9.17, 15) is 17.6 Å². The molecule has 0 amide bonds. The van der Waals surface area contributed by atoms with Gasteiger partial charge in [-0.2, -0.15) is 22.0 Å². The third-order valence-electron chi connectivity index (χ3n) is 5.51. The van der Waals surface area contributed by atoms with Crippen LogP contribution in [0.3, 0.4) is 0 Å². The number of halogens is 5. The number of hydrogen-bond acceptors (Lipinski definition) is 1. The zero-order valence-corrected chi connectivity index (χ0v) is 18.5. The van der Waals surface area contributed by atoms with Crippen molar-refractivity contribution in [1.29, 1.82) is 0 Å². The molecule has 0 N–H and O–H groups in total. The Morgan fingerprint density at radius 1 is 0.806 bits per heavy atom. The van der Waals surface area contributed by atoms with Crippen molar-refractivity contribution in [1.82, 2.24) is 0 Å². The Morgan fingerprint density at radius 3 is 1.71 bits per heavy atom. The highest BCUT2D eigenvalue weighted by Gasteiger charge is 2.46. The van der Waals surface area contributed by atoms with Gasteiger partial charge in [-0.3, -0.25) is 0 Å². The average Bonchev–Trinajstić information content (AvgIpc) is 3.02. The molecule has 1 aliphatic rings. The molecule has 0 fully saturated rings. The molecule has 31 heavy (non-hydrogen) atoms. The summed E-state index contributed by atoms with van der Waals surface area (Å²) < 4.78 is 70.2. The van der Waals surface area contributed by atoms with E-state index in [1.807, 2.05) is 65.8 Å². The second-order valence-corrected chi connectivity index (χ2v) is 8.25. The third kappa shape index (κ3) is 4.23. The summed E-state index contributed by atoms with van der Waals surface area (Å²) in [6, 6.07) is 7.53. The number of benzene rings is 2. The fourth-order valence-electron chi connectivity index (χ4n) is 4.65. The molecule has 2 aromatic rings. The fraction of sp³-hybridized carbons (Fsp3) is 0.375. The first-order valence-corrected chi connectivity index (χ1v) is 10.0. The van der Waals surface area contributed by atoms with Crippen LogP contribution in [-0.4, -0.2) is 29.7 Å². The van der Waals surface area contributed by atoms with Gasteiger partial charge < -0.3 is 0 Å². The SMILES string of the molecule is Cc1cc(C)c(N2CC[N+](c3c(C)cc(C)cc3C)=C2/C(F)=C(\F)C(F)(F)F)c(C)c1. The second-order valence-electron chi connectivity index (χ2n) is 8.25. The summed E-state index contributed by atoms with van der Waals surface area (Å²) in [5, 5.41) is 0. The lowest BCUT2D eigenvalue weighted by Crippen LogP contribution is -2.32. The molecule has 0 radical (unpaired) electrons. The number of allylic oxidation sites excluding steroid dienone is 1. The van der Waals surface area contributed by atoms with Crippen molar-refractivity contribution in [3.8, 4) is 0 Å². The number of amidine groups is 1. The van der Waals surface area contributed by atoms with E-state index in [0.717, 1.165) is 33.4 Å². The number of nitrogens with zero attached hydrogens (tertiary/aromatic N) is 2. The van der Waals surface area contributed by atoms with Crippen LogP contribution in [-0.2, 0) is 0 Å². The van der Waals surface area contributed by atoms with E-state index < -0.39 is 23.7 Å². The molecule has 3 rings (SSSR count). The molecule has 0 atom stereocenters. The largest absolute Gasteiger partial charge is 0.446 e. The summed E-state index contributed by atoms with van der Waals surface area (Å²) >= 11 is 0. The predicted octanol–water partition coefficient (Wildman–Crippen LogP) is 6.81. The molecule has 0 bridgehead atoms. The predicted molar refractivity (Wildman–Crippen MR) is 114 cm³/mol. The van der Waals surface area contributed by atoms with E-state index in [-0.39, 0.29) is 13.1 Å². The monoisotopic (exact) mass is 437 g/mol. The van der Waals surface area contributed by atoms with Crippen LogP contribution < -0.4 is 4.90 Å². The van der Waals surface area contributed by atoms with E-state index >= 15 is 4.39 Å². The summed E-state index contributed by atoms with van der Waals surface area (Å²) in [4.78, 5) is 1.46. The first-order valence-electron chi connectivity index (χ1n) is 10.0. The maximum Gasteiger partial charge on any atom is 0.446 e. The molecule has 0 aliphatic carbocycles. The van der Waals surface area contributed by atoms with Gasteiger partial charge in [0.2, 0.25) is 5.83 Å². The molecule has 2 aromatic carbocycles. The first kappa shape index (κ1) is 23.0. The zero-order valence-electron chi connectivity index (χ0n) is 18.5. The molecule has 0 spiro atoms. The minimum Gasteiger partial charge on any atom is -0.220 e. The molecule has 0 aromatic heterocycles. The Labute approximate surface area is 179 Å². The quantitative estimate of drug-likeness (QED) is 0.378. The average molecular weight is 437 g/mol. The van der Waals surface area contributed by atoms with Gasteiger partial charge in [-0.05, 0) is 63.8 Å². The molecule has 2 nitrogen and oxygen atoms in total. The summed E-state index contributed by atoms with van der Waals surface area (Å²) in [6.45, 7) is 11.6. The van der Waals surface area contributed by atoms with Crippen LogP contribution in [0.15, 0.2) is 35.9 Å². The van der Waals surface area contributed by atoms with Gasteiger partial charge in [0.25, 0.3) is 5.83 Å². The van der Waals surface area contributed by atoms with Gasteiger partial charge in [0.15, 0.2) is 0 Å². The van der Waals surface area contributed by atoms with Crippen LogP contribution >= 0.6 is 0 Å². The highest BCUT2D eigenvalue weighted by molar-refractivity contribution is 6.07. The molecule has 0 saturated carbocycles. The summed E-state index contributed by atoms with van der Waals surface area (Å²) in [5.41, 5.74) is 6.30. The molecule has 1 aliphatic heterocycles. The van der Waals surface area contributed by atoms with Gasteiger partial charge >= 0.3 is 12.0 Å². The Bertz CT molecular complexity index is 1060. The molecule has 0 saturated heterocycles. The molecule has 1 heterocycles. The lowest BCUT2D eigenvalue weighted by atomic mass is 10.0. The lowest BCUT2D eigenvalue weighted by molar-refractivity contribution is -0.429. The van der Waals surface area contributed by atoms with Crippen LogP contribution in [0.25, 0.3) is 0 Å². The Morgan fingerprint density at radius 2 is 1.26 bits per heavy atom. The zero-order chi connectivity index (χ0) is 23.2. The van der Waals surface area contributed by atoms with E-state index in [2.05, 4.69) is 0 Å². The smallest absolute Gasteiger partial charge is 0.220 e. The minimum absolute atomic E-state index is 0.228. The van der Waals surface area contributed by atoms with Crippen molar-refractivity contribution in [3.05, 3.63) is 69.3 Å². The van der Waals surface area contributed by atoms with Crippen molar-refractivity contribution in [2.75, 3.05) is 18.0 Å². The molecular formula is C24H26F5N2+. The van der Waals surface area contributed by atoms with Crippen LogP contribution in [0.2, 0.25) is 0 Å². The van der Waals surface area contributed by atoms with Crippen molar-refractivity contribution in [2.45, 2.75) is 47.7 Å². The van der Waals surface area contributed by atoms with Crippen molar-refractivity contribution >= 4 is 17.2 Å². The maximum absolute atomic E-state index is 15.2. The Balaban J connectivity index is 2.36. The Kier molecular flexibility index (Phi) is 6.00. The van der Waals surface area contributed by atoms with Gasteiger partial charge in [-0.25, -0.2) is 9.48 Å². The van der Waals surface area contributed by atoms with Crippen LogP contribution in [0.5, 0.6) is 0 Å². The standard InChI is InChI=1S/C24H26F5N2/c1-13-9-15(3)20(16(4)10-13)30-7-8-31(21-17(5)11-14(2)12-18(21)6)23(30)19(25)22(26)24(27,28)29/h9-12H,7-8H2,1-6H3/q+1/b22-19+. The van der Waals surface area contributed by atoms with Crippen LogP contribution in [0.1, 0.15) is 33.4 Å². The number of aryl methyl sites for hydroxylation is 6. The first-order chi connectivity index (χ1) is 14.3. The molecule has 166 valence electrons. The highest BCUT2D eigenvalue weighted by atomic mass is 19.4. The number of rotatable bonds is 3. The van der Waals surface area contributed by atoms with E-state index in [0.29, 0.717) is 11.4 Å². The highest BCUT2D eigenvalue weighted by Crippen LogP contribution is 2.37. The topological polar surface area (TPSA) is 6.25 Å². The van der Waals surface area contributed by atoms with Gasteiger partial charge in [0.05, 0.1) is 0 Å². The van der Waals surface area contributed by atoms with E-state index in [4.69, 9.17) is 0 Å². The number of anilines is 1. The van der Waals surface area contributed by atoms with Crippen molar-refractivity contribution in [3.63, 3.8) is 0 Å². The summed E-state index contributed by atoms with van der Waals surface area (Å²) in [5.74, 6) is -5.03. The lowest BCUT2D eigenvalue weighted by Gasteiger charge is -2.18. The van der Waals surface area contributed by atoms with Gasteiger partial charge in [-0.1, -0.05) is 35.4 Å². The van der Waals surface area contributed by atoms with E-state index in [1.54, 1.807) is 0 Å². The Hall–Kier alpha value is -2.70. The minimum atomic E-state index is -5.41. The van der Waals surface area contributed by atoms with Crippen molar-refractivity contribution < 1.29 is 26.5 Å². The van der Waals surface area contributed by atoms with Crippen LogP contribution in [0.4, 0.5) is 33.3 Å². The second kappa shape index (κ2) is 8.09. The van der Waals surface area contributed by atoms with Gasteiger partial charge in [0.1, 0.15) is 24.5 Å². The van der Waals surface area contributed by atoms with Crippen LogP contribution in [0, 0.1) is 41.5 Å². The summed E-state index contributed by atoms with van der Waals surface area (Å²) in [7, 11) is 0. The normalized spacial score (nSPS) is 15.6. The van der Waals surface area contributed by atoms with Gasteiger partial charge in [-0.15, -0.1) is 0 Å². The van der Waals surface area contributed by atoms with E-state index in [1.165, 1.54) is 9.48 Å². The van der Waals surface area contributed by atoms with Gasteiger partial charge in [0, 0.05) is 0 Å². The number of hydrogen-bond donors (Lipinski definition) is 0. The molecule has 0 unspecified atom stereocenters. The molecule has 7 heteroatoms. The number of alkyl halides is 3. The molecular weight excluding hydrogens is 411 g/mol. The van der Waals surface area contributed by atoms with Crippen molar-refractivity contribution in [2.24, 2.45) is 0 Å². The maximum atomic E-state index is 15.2. The third-order valence-corrected chi connectivity index (χ3v) is 5.51.